The molecular formula is C20H26N4O2S. The standard InChI is InChI=1S/C20H26N4O2S/c1-4-12-27-20-22-21-18(23(20)2)17-6-5-11-24(14-17)13-15-7-9-16(10-8-15)19(25)26-3/h4,7-10,17H,1,5-6,11-14H2,2-3H3. The van der Waals surface area contributed by atoms with Crippen LogP contribution in [0, 0.1) is 0 Å². The minimum absolute atomic E-state index is 0.299. The number of benzene rings is 1. The fourth-order valence-electron chi connectivity index (χ4n) is 3.47. The molecule has 0 spiro atoms. The second-order valence-corrected chi connectivity index (χ2v) is 7.75. The topological polar surface area (TPSA) is 60.3 Å². The van der Waals surface area contributed by atoms with E-state index in [0.717, 1.165) is 49.2 Å². The van der Waals surface area contributed by atoms with Crippen LogP contribution in [0.3, 0.4) is 0 Å². The lowest BCUT2D eigenvalue weighted by molar-refractivity contribution is 0.0600. The molecule has 0 aliphatic carbocycles. The van der Waals surface area contributed by atoms with E-state index in [9.17, 15) is 4.79 Å². The Bertz CT molecular complexity index is 788. The first kappa shape index (κ1) is 19.6. The van der Waals surface area contributed by atoms with Crippen LogP contribution in [0.15, 0.2) is 42.1 Å². The summed E-state index contributed by atoms with van der Waals surface area (Å²) in [5, 5.41) is 9.74. The molecule has 3 rings (SSSR count). The Hall–Kier alpha value is -2.12. The number of nitrogens with zero attached hydrogens (tertiary/aromatic N) is 4. The Kier molecular flexibility index (Phi) is 6.68. The first-order valence-electron chi connectivity index (χ1n) is 9.15. The van der Waals surface area contributed by atoms with E-state index in [4.69, 9.17) is 4.74 Å². The number of esters is 1. The van der Waals surface area contributed by atoms with E-state index in [1.165, 1.54) is 12.7 Å². The molecule has 1 aliphatic rings. The summed E-state index contributed by atoms with van der Waals surface area (Å²) in [5.74, 6) is 1.99. The van der Waals surface area contributed by atoms with E-state index in [1.807, 2.05) is 37.4 Å². The lowest BCUT2D eigenvalue weighted by Crippen LogP contribution is -2.34. The van der Waals surface area contributed by atoms with Gasteiger partial charge in [0.15, 0.2) is 5.16 Å². The van der Waals surface area contributed by atoms with Gasteiger partial charge in [-0.1, -0.05) is 30.0 Å². The van der Waals surface area contributed by atoms with Crippen molar-refractivity contribution in [2.24, 2.45) is 7.05 Å². The summed E-state index contributed by atoms with van der Waals surface area (Å²) in [4.78, 5) is 14.0. The predicted molar refractivity (Wildman–Crippen MR) is 107 cm³/mol. The fourth-order valence-corrected chi connectivity index (χ4v) is 4.13. The third-order valence-corrected chi connectivity index (χ3v) is 5.87. The van der Waals surface area contributed by atoms with Crippen LogP contribution < -0.4 is 0 Å². The van der Waals surface area contributed by atoms with Crippen LogP contribution >= 0.6 is 11.8 Å². The maximum atomic E-state index is 11.6. The predicted octanol–water partition coefficient (Wildman–Crippen LogP) is 3.26. The molecule has 27 heavy (non-hydrogen) atoms. The van der Waals surface area contributed by atoms with Crippen LogP contribution in [-0.2, 0) is 18.3 Å². The minimum Gasteiger partial charge on any atom is -0.465 e. The van der Waals surface area contributed by atoms with Crippen molar-refractivity contribution in [1.29, 1.82) is 0 Å². The van der Waals surface area contributed by atoms with Crippen molar-refractivity contribution in [3.05, 3.63) is 53.9 Å². The van der Waals surface area contributed by atoms with Crippen molar-refractivity contribution in [1.82, 2.24) is 19.7 Å². The quantitative estimate of drug-likeness (QED) is 0.414. The van der Waals surface area contributed by atoms with E-state index < -0.39 is 0 Å². The third kappa shape index (κ3) is 4.78. The molecule has 0 bridgehead atoms. The van der Waals surface area contributed by atoms with Gasteiger partial charge in [-0.3, -0.25) is 4.90 Å². The molecule has 1 aromatic carbocycles. The first-order valence-corrected chi connectivity index (χ1v) is 10.1. The Morgan fingerprint density at radius 1 is 1.37 bits per heavy atom. The van der Waals surface area contributed by atoms with Gasteiger partial charge >= 0.3 is 5.97 Å². The van der Waals surface area contributed by atoms with Gasteiger partial charge in [0.05, 0.1) is 12.7 Å². The number of hydrogen-bond donors (Lipinski definition) is 0. The Balaban J connectivity index is 1.63. The molecular weight excluding hydrogens is 360 g/mol. The molecule has 1 fully saturated rings. The monoisotopic (exact) mass is 386 g/mol. The van der Waals surface area contributed by atoms with Crippen molar-refractivity contribution in [2.45, 2.75) is 30.5 Å². The van der Waals surface area contributed by atoms with E-state index in [1.54, 1.807) is 11.8 Å². The molecule has 1 aromatic heterocycles. The number of piperidine rings is 1. The molecule has 6 nitrogen and oxygen atoms in total. The zero-order valence-corrected chi connectivity index (χ0v) is 16.7. The van der Waals surface area contributed by atoms with Gasteiger partial charge in [-0.25, -0.2) is 4.79 Å². The van der Waals surface area contributed by atoms with Gasteiger partial charge in [0.25, 0.3) is 0 Å². The van der Waals surface area contributed by atoms with Crippen molar-refractivity contribution in [3.63, 3.8) is 0 Å². The number of carbonyl (C=O) groups excluding carboxylic acids is 1. The number of likely N-dealkylation sites (tertiary alicyclic amines) is 1. The number of methoxy groups -OCH3 is 1. The summed E-state index contributed by atoms with van der Waals surface area (Å²) in [7, 11) is 3.45. The van der Waals surface area contributed by atoms with E-state index in [2.05, 4.69) is 26.2 Å². The minimum atomic E-state index is -0.299. The first-order chi connectivity index (χ1) is 13.1. The van der Waals surface area contributed by atoms with Crippen LogP contribution in [0.4, 0.5) is 0 Å². The van der Waals surface area contributed by atoms with Gasteiger partial charge in [-0.2, -0.15) is 0 Å². The average molecular weight is 387 g/mol. The summed E-state index contributed by atoms with van der Waals surface area (Å²) < 4.78 is 6.87. The third-order valence-electron chi connectivity index (χ3n) is 4.85. The van der Waals surface area contributed by atoms with Gasteiger partial charge in [0.1, 0.15) is 5.82 Å². The molecule has 0 radical (unpaired) electrons. The molecule has 144 valence electrons. The lowest BCUT2D eigenvalue weighted by atomic mass is 9.96. The number of thioether (sulfide) groups is 1. The summed E-state index contributed by atoms with van der Waals surface area (Å²) in [6, 6.07) is 7.66. The number of hydrogen-bond acceptors (Lipinski definition) is 6. The van der Waals surface area contributed by atoms with E-state index in [0.29, 0.717) is 11.5 Å². The Morgan fingerprint density at radius 3 is 2.85 bits per heavy atom. The van der Waals surface area contributed by atoms with E-state index >= 15 is 0 Å². The van der Waals surface area contributed by atoms with Gasteiger partial charge in [-0.15, -0.1) is 16.8 Å². The maximum Gasteiger partial charge on any atom is 0.337 e. The van der Waals surface area contributed by atoms with Gasteiger partial charge in [-0.05, 0) is 37.1 Å². The Morgan fingerprint density at radius 2 is 2.15 bits per heavy atom. The lowest BCUT2D eigenvalue weighted by Gasteiger charge is -2.32. The number of aromatic nitrogens is 3. The second kappa shape index (κ2) is 9.19. The summed E-state index contributed by atoms with van der Waals surface area (Å²) in [5.41, 5.74) is 1.78. The van der Waals surface area contributed by atoms with Crippen LogP contribution in [0.1, 0.15) is 40.5 Å². The van der Waals surface area contributed by atoms with Crippen LogP contribution in [0.2, 0.25) is 0 Å². The van der Waals surface area contributed by atoms with Gasteiger partial charge in [0.2, 0.25) is 0 Å². The number of rotatable bonds is 7. The van der Waals surface area contributed by atoms with E-state index in [-0.39, 0.29) is 5.97 Å². The highest BCUT2D eigenvalue weighted by molar-refractivity contribution is 7.99. The van der Waals surface area contributed by atoms with Crippen LogP contribution in [-0.4, -0.2) is 51.6 Å². The van der Waals surface area contributed by atoms with Crippen molar-refractivity contribution < 1.29 is 9.53 Å². The van der Waals surface area contributed by atoms with Crippen molar-refractivity contribution >= 4 is 17.7 Å². The van der Waals surface area contributed by atoms with Crippen LogP contribution in [0.25, 0.3) is 0 Å². The zero-order valence-electron chi connectivity index (χ0n) is 15.9. The smallest absolute Gasteiger partial charge is 0.337 e. The van der Waals surface area contributed by atoms with Gasteiger partial charge in [0, 0.05) is 31.8 Å². The average Bonchev–Trinajstić information content (AvgIpc) is 3.07. The SMILES string of the molecule is C=CCSc1nnc(C2CCCN(Cc3ccc(C(=O)OC)cc3)C2)n1C. The molecule has 1 aliphatic heterocycles. The Labute approximate surface area is 164 Å². The summed E-state index contributed by atoms with van der Waals surface area (Å²) in [6.45, 7) is 6.67. The largest absolute Gasteiger partial charge is 0.465 e. The molecule has 7 heteroatoms. The maximum absolute atomic E-state index is 11.6. The molecule has 2 heterocycles. The highest BCUT2D eigenvalue weighted by Crippen LogP contribution is 2.28. The molecule has 0 N–H and O–H groups in total. The highest BCUT2D eigenvalue weighted by atomic mass is 32.2. The molecule has 2 aromatic rings. The van der Waals surface area contributed by atoms with Crippen molar-refractivity contribution in [2.75, 3.05) is 26.0 Å². The number of carbonyl (C=O) groups is 1. The van der Waals surface area contributed by atoms with Gasteiger partial charge < -0.3 is 9.30 Å². The summed E-state index contributed by atoms with van der Waals surface area (Å²) >= 11 is 1.66. The number of ether oxygens (including phenoxy) is 1. The summed E-state index contributed by atoms with van der Waals surface area (Å²) in [6.07, 6.45) is 4.16. The second-order valence-electron chi connectivity index (χ2n) is 6.76. The highest BCUT2D eigenvalue weighted by Gasteiger charge is 2.26. The molecule has 1 atom stereocenters. The molecule has 1 saturated heterocycles. The molecule has 0 amide bonds. The molecule has 1 unspecified atom stereocenters. The molecule has 0 saturated carbocycles. The zero-order chi connectivity index (χ0) is 19.2. The normalized spacial score (nSPS) is 17.6. The fraction of sp³-hybridized carbons (Fsp3) is 0.450. The van der Waals surface area contributed by atoms with Crippen LogP contribution in [0.5, 0.6) is 0 Å². The van der Waals surface area contributed by atoms with Crippen molar-refractivity contribution in [3.8, 4) is 0 Å².